The Morgan fingerprint density at radius 3 is 0.467 bits per heavy atom. The Kier molecular flexibility index (Phi) is 61.3. The third-order valence-corrected chi connectivity index (χ3v) is 0. The molecule has 8 nitrogen and oxygen atoms in total. The van der Waals surface area contributed by atoms with Crippen molar-refractivity contribution in [1.29, 1.82) is 0 Å². The van der Waals surface area contributed by atoms with Crippen LogP contribution in [-0.2, 0) is 9.13 Å². The van der Waals surface area contributed by atoms with Crippen molar-refractivity contribution in [3.63, 3.8) is 0 Å². The molecule has 0 heterocycles. The van der Waals surface area contributed by atoms with Gasteiger partial charge in [-0.3, -0.25) is 0 Å². The first-order valence-electron chi connectivity index (χ1n) is 1.46. The summed E-state index contributed by atoms with van der Waals surface area (Å²) in [7, 11) is -10.8. The number of phosphoric acid groups is 2. The summed E-state index contributed by atoms with van der Waals surface area (Å²) in [5.41, 5.74) is 0. The molecule has 0 N–H and O–H groups in total. The van der Waals surface area contributed by atoms with Crippen molar-refractivity contribution in [2.45, 2.75) is 0 Å². The zero-order valence-electron chi connectivity index (χ0n) is 9.16. The Morgan fingerprint density at radius 1 is 0.467 bits per heavy atom. The summed E-state index contributed by atoms with van der Waals surface area (Å²) >= 11 is 0. The van der Waals surface area contributed by atoms with Gasteiger partial charge in [-0.15, -0.1) is 0 Å². The van der Waals surface area contributed by atoms with Crippen LogP contribution < -0.4 is 177 Å². The van der Waals surface area contributed by atoms with Crippen LogP contribution in [-0.4, -0.2) is 0 Å². The van der Waals surface area contributed by atoms with Crippen molar-refractivity contribution in [2.24, 2.45) is 0 Å². The van der Waals surface area contributed by atoms with Crippen LogP contribution in [0.1, 0.15) is 0 Å². The molecule has 0 amide bonds. The monoisotopic (exact) mass is 305 g/mol. The SMILES string of the molecule is O=P([O-])([O-])[O-].O=P([O-])([O-])[O-].[Na+].[Na+].[Na+].[Na+].[Na+]. The standard InChI is InChI=1S/5Na.2H3O4P/c;;;;;2*1-5(2,3)4/h;;;;;2*(H3,1,2,3,4)/q5*+1;;/p-6. The topological polar surface area (TPSA) is 172 Å². The molecule has 0 saturated carbocycles. The minimum atomic E-state index is -5.39. The van der Waals surface area contributed by atoms with Gasteiger partial charge < -0.3 is 38.5 Å². The van der Waals surface area contributed by atoms with Crippen molar-refractivity contribution in [3.8, 4) is 0 Å². The number of hydrogen-bond acceptors (Lipinski definition) is 8. The predicted molar refractivity (Wildman–Crippen MR) is 15.2 cm³/mol. The van der Waals surface area contributed by atoms with Crippen LogP contribution in [0.3, 0.4) is 0 Å². The molecule has 0 aliphatic rings. The van der Waals surface area contributed by atoms with E-state index in [1.165, 1.54) is 0 Å². The maximum absolute atomic E-state index is 8.55. The maximum Gasteiger partial charge on any atom is 1.00 e. The average molecular weight is 305 g/mol. The summed E-state index contributed by atoms with van der Waals surface area (Å²) in [5, 5.41) is 0. The van der Waals surface area contributed by atoms with Crippen LogP contribution in [0.15, 0.2) is 0 Å². The Hall–Kier alpha value is 5.22. The maximum atomic E-state index is 8.55. The van der Waals surface area contributed by atoms with Gasteiger partial charge in [0, 0.05) is 0 Å². The van der Waals surface area contributed by atoms with Gasteiger partial charge in [-0.05, 0) is 0 Å². The van der Waals surface area contributed by atoms with Crippen LogP contribution in [0.4, 0.5) is 0 Å². The van der Waals surface area contributed by atoms with E-state index >= 15 is 0 Å². The molecule has 0 aliphatic carbocycles. The largest absolute Gasteiger partial charge is 1.00 e. The first-order chi connectivity index (χ1) is 4.00. The van der Waals surface area contributed by atoms with Crippen molar-refractivity contribution in [3.05, 3.63) is 0 Å². The molecule has 0 fully saturated rings. The van der Waals surface area contributed by atoms with Crippen LogP contribution in [0.5, 0.6) is 0 Å². The van der Waals surface area contributed by atoms with E-state index in [0.717, 1.165) is 0 Å². The molecule has 0 atom stereocenters. The molecular weight excluding hydrogens is 305 g/mol. The summed E-state index contributed by atoms with van der Waals surface area (Å²) in [6, 6.07) is 0. The van der Waals surface area contributed by atoms with E-state index in [2.05, 4.69) is 0 Å². The molecule has 0 bridgehead atoms. The predicted octanol–water partition coefficient (Wildman–Crippen LogP) is -20.6. The second-order valence-corrected chi connectivity index (χ2v) is 2.68. The van der Waals surface area contributed by atoms with E-state index in [1.54, 1.807) is 0 Å². The molecule has 64 valence electrons. The third kappa shape index (κ3) is 209. The summed E-state index contributed by atoms with van der Waals surface area (Å²) in [6.07, 6.45) is 0. The van der Waals surface area contributed by atoms with Gasteiger partial charge in [-0.1, -0.05) is 0 Å². The fourth-order valence-electron chi connectivity index (χ4n) is 0. The van der Waals surface area contributed by atoms with E-state index in [4.69, 9.17) is 38.5 Å². The molecule has 0 aromatic carbocycles. The molecule has 0 aromatic heterocycles. The second-order valence-electron chi connectivity index (χ2n) is 0.894. The molecule has 0 saturated heterocycles. The first-order valence-corrected chi connectivity index (χ1v) is 4.38. The van der Waals surface area contributed by atoms with Gasteiger partial charge in [0.25, 0.3) is 0 Å². The second kappa shape index (κ2) is 21.5. The zero-order chi connectivity index (χ0) is 9.00. The van der Waals surface area contributed by atoms with Crippen LogP contribution >= 0.6 is 15.6 Å². The molecule has 0 spiro atoms. The van der Waals surface area contributed by atoms with Gasteiger partial charge in [0.15, 0.2) is 0 Å². The normalized spacial score (nSPS) is 7.87. The van der Waals surface area contributed by atoms with Gasteiger partial charge in [0.1, 0.15) is 0 Å². The Balaban J connectivity index is -0.0000000128. The summed E-state index contributed by atoms with van der Waals surface area (Å²) in [6.45, 7) is 0. The minimum absolute atomic E-state index is 0. The third-order valence-electron chi connectivity index (χ3n) is 0. The van der Waals surface area contributed by atoms with Crippen molar-refractivity contribution >= 4 is 15.6 Å². The molecule has 0 aliphatic heterocycles. The van der Waals surface area contributed by atoms with E-state index < -0.39 is 15.6 Å². The molecule has 0 unspecified atom stereocenters. The number of hydrogen-bond donors (Lipinski definition) is 0. The number of rotatable bonds is 0. The Bertz CT molecular complexity index is 133. The average Bonchev–Trinajstić information content (AvgIpc) is 1.12. The molecule has 15 heavy (non-hydrogen) atoms. The summed E-state index contributed by atoms with van der Waals surface area (Å²) in [4.78, 5) is 51.3. The molecule has 0 aromatic rings. The van der Waals surface area contributed by atoms with Crippen molar-refractivity contribution in [1.82, 2.24) is 0 Å². The van der Waals surface area contributed by atoms with Crippen molar-refractivity contribution < 1.29 is 186 Å². The quantitative estimate of drug-likeness (QED) is 0.313. The fourth-order valence-corrected chi connectivity index (χ4v) is 0. The van der Waals surface area contributed by atoms with Crippen LogP contribution in [0.25, 0.3) is 0 Å². The van der Waals surface area contributed by atoms with Crippen molar-refractivity contribution in [2.75, 3.05) is 0 Å². The Morgan fingerprint density at radius 2 is 0.467 bits per heavy atom. The van der Waals surface area contributed by atoms with Crippen LogP contribution in [0.2, 0.25) is 0 Å². The first kappa shape index (κ1) is 42.7. The molecule has 0 radical (unpaired) electrons. The van der Waals surface area contributed by atoms with E-state index in [9.17, 15) is 0 Å². The van der Waals surface area contributed by atoms with Gasteiger partial charge in [-0.25, -0.2) is 0 Å². The fraction of sp³-hybridized carbons (Fsp3) is 0. The van der Waals surface area contributed by atoms with E-state index in [0.29, 0.717) is 0 Å². The zero-order valence-corrected chi connectivity index (χ0v) is 20.9. The van der Waals surface area contributed by atoms with E-state index in [-0.39, 0.29) is 148 Å². The van der Waals surface area contributed by atoms with Crippen LogP contribution in [0, 0.1) is 0 Å². The van der Waals surface area contributed by atoms with Gasteiger partial charge >= 0.3 is 148 Å². The molecule has 0 rings (SSSR count). The van der Waals surface area contributed by atoms with Gasteiger partial charge in [0.05, 0.1) is 0 Å². The molecule has 15 heteroatoms. The Labute approximate surface area is 197 Å². The van der Waals surface area contributed by atoms with Gasteiger partial charge in [0.2, 0.25) is 0 Å². The molecular formula is Na5O8P2-. The van der Waals surface area contributed by atoms with Gasteiger partial charge in [-0.2, -0.15) is 15.6 Å². The minimum Gasteiger partial charge on any atom is -0.822 e. The van der Waals surface area contributed by atoms with E-state index in [1.807, 2.05) is 0 Å². The summed E-state index contributed by atoms with van der Waals surface area (Å²) < 4.78 is 17.1. The summed E-state index contributed by atoms with van der Waals surface area (Å²) in [5.74, 6) is 0. The smallest absolute Gasteiger partial charge is 0.822 e.